The Kier molecular flexibility index (Phi) is 7.05. The number of hydrogen-bond acceptors (Lipinski definition) is 7. The van der Waals surface area contributed by atoms with Crippen LogP contribution in [0.25, 0.3) is 22.3 Å². The summed E-state index contributed by atoms with van der Waals surface area (Å²) in [4.78, 5) is 38.8. The molecule has 1 atom stereocenters. The van der Waals surface area contributed by atoms with Crippen LogP contribution in [0.2, 0.25) is 0 Å². The number of benzene rings is 3. The smallest absolute Gasteiger partial charge is 0.342 e. The predicted molar refractivity (Wildman–Crippen MR) is 136 cm³/mol. The molecular formula is C28H25NO7. The molecule has 3 aromatic carbocycles. The van der Waals surface area contributed by atoms with Crippen molar-refractivity contribution in [3.8, 4) is 22.8 Å². The minimum atomic E-state index is -1.14. The van der Waals surface area contributed by atoms with Crippen LogP contribution in [-0.4, -0.2) is 32.2 Å². The number of rotatable bonds is 7. The molecule has 0 fully saturated rings. The Morgan fingerprint density at radius 2 is 1.58 bits per heavy atom. The lowest BCUT2D eigenvalue weighted by molar-refractivity contribution is -0.123. The van der Waals surface area contributed by atoms with Gasteiger partial charge in [0.2, 0.25) is 0 Å². The quantitative estimate of drug-likeness (QED) is 0.367. The van der Waals surface area contributed by atoms with Crippen LogP contribution >= 0.6 is 0 Å². The summed E-state index contributed by atoms with van der Waals surface area (Å²) in [5, 5.41) is 2.93. The Bertz CT molecular complexity index is 1470. The highest BCUT2D eigenvalue weighted by Crippen LogP contribution is 2.28. The molecule has 1 N–H and O–H groups in total. The molecule has 1 amide bonds. The lowest BCUT2D eigenvalue weighted by atomic mass is 10.0. The SMILES string of the molecule is COc1cc(NC(=O)C(C)OC(=O)c2cccc3c(=O)c(C)c(-c4ccccc4)oc23)cc(OC)c1. The second kappa shape index (κ2) is 10.4. The molecule has 0 radical (unpaired) electrons. The van der Waals surface area contributed by atoms with E-state index in [1.807, 2.05) is 30.3 Å². The highest BCUT2D eigenvalue weighted by atomic mass is 16.5. The Hall–Kier alpha value is -4.59. The van der Waals surface area contributed by atoms with Gasteiger partial charge in [0, 0.05) is 35.0 Å². The molecule has 0 saturated heterocycles. The van der Waals surface area contributed by atoms with Gasteiger partial charge < -0.3 is 23.9 Å². The van der Waals surface area contributed by atoms with Gasteiger partial charge in [-0.1, -0.05) is 36.4 Å². The molecule has 8 nitrogen and oxygen atoms in total. The second-order valence-electron chi connectivity index (χ2n) is 8.07. The van der Waals surface area contributed by atoms with Gasteiger partial charge in [-0.05, 0) is 26.0 Å². The molecule has 36 heavy (non-hydrogen) atoms. The zero-order chi connectivity index (χ0) is 25.8. The molecule has 1 heterocycles. The van der Waals surface area contributed by atoms with Gasteiger partial charge in [0.15, 0.2) is 17.1 Å². The Morgan fingerprint density at radius 1 is 0.917 bits per heavy atom. The van der Waals surface area contributed by atoms with Gasteiger partial charge >= 0.3 is 5.97 Å². The van der Waals surface area contributed by atoms with Gasteiger partial charge in [-0.2, -0.15) is 0 Å². The largest absolute Gasteiger partial charge is 0.497 e. The number of hydrogen-bond donors (Lipinski definition) is 1. The summed E-state index contributed by atoms with van der Waals surface area (Å²) in [6.07, 6.45) is -1.14. The normalized spacial score (nSPS) is 11.6. The number of anilines is 1. The Labute approximate surface area is 207 Å². The van der Waals surface area contributed by atoms with Crippen LogP contribution in [0.4, 0.5) is 5.69 Å². The molecule has 0 aliphatic rings. The van der Waals surface area contributed by atoms with Crippen molar-refractivity contribution in [1.82, 2.24) is 0 Å². The fourth-order valence-electron chi connectivity index (χ4n) is 3.74. The topological polar surface area (TPSA) is 104 Å². The van der Waals surface area contributed by atoms with Crippen molar-refractivity contribution in [3.63, 3.8) is 0 Å². The molecule has 0 spiro atoms. The summed E-state index contributed by atoms with van der Waals surface area (Å²) in [5.41, 5.74) is 1.45. The summed E-state index contributed by atoms with van der Waals surface area (Å²) in [6, 6.07) is 18.7. The maximum absolute atomic E-state index is 13.1. The summed E-state index contributed by atoms with van der Waals surface area (Å²) in [7, 11) is 3.00. The highest BCUT2D eigenvalue weighted by molar-refractivity contribution is 6.04. The third kappa shape index (κ3) is 4.93. The van der Waals surface area contributed by atoms with Gasteiger partial charge in [-0.15, -0.1) is 0 Å². The number of methoxy groups -OCH3 is 2. The highest BCUT2D eigenvalue weighted by Gasteiger charge is 2.23. The molecule has 4 rings (SSSR count). The van der Waals surface area contributed by atoms with E-state index in [1.54, 1.807) is 37.3 Å². The van der Waals surface area contributed by atoms with E-state index in [0.717, 1.165) is 0 Å². The first-order valence-electron chi connectivity index (χ1n) is 11.2. The number of fused-ring (bicyclic) bond motifs is 1. The Morgan fingerprint density at radius 3 is 2.22 bits per heavy atom. The van der Waals surface area contributed by atoms with E-state index in [9.17, 15) is 14.4 Å². The van der Waals surface area contributed by atoms with E-state index in [0.29, 0.717) is 34.1 Å². The first-order valence-corrected chi connectivity index (χ1v) is 11.2. The van der Waals surface area contributed by atoms with Crippen molar-refractivity contribution in [1.29, 1.82) is 0 Å². The van der Waals surface area contributed by atoms with Crippen molar-refractivity contribution in [3.05, 3.63) is 88.1 Å². The van der Waals surface area contributed by atoms with E-state index in [2.05, 4.69) is 5.32 Å². The van der Waals surface area contributed by atoms with Crippen LogP contribution in [0.15, 0.2) is 75.9 Å². The van der Waals surface area contributed by atoms with Crippen LogP contribution in [-0.2, 0) is 9.53 Å². The van der Waals surface area contributed by atoms with E-state index in [1.165, 1.54) is 27.2 Å². The molecule has 8 heteroatoms. The number of para-hydroxylation sites is 1. The number of carbonyl (C=O) groups excluding carboxylic acids is 2. The van der Waals surface area contributed by atoms with Crippen LogP contribution in [0.3, 0.4) is 0 Å². The van der Waals surface area contributed by atoms with Crippen molar-refractivity contribution in [2.75, 3.05) is 19.5 Å². The molecule has 1 aromatic heterocycles. The molecule has 0 bridgehead atoms. The molecule has 0 aliphatic carbocycles. The monoisotopic (exact) mass is 487 g/mol. The van der Waals surface area contributed by atoms with Crippen molar-refractivity contribution >= 4 is 28.5 Å². The molecule has 184 valence electrons. The first-order chi connectivity index (χ1) is 17.3. The zero-order valence-electron chi connectivity index (χ0n) is 20.3. The number of ether oxygens (including phenoxy) is 3. The van der Waals surface area contributed by atoms with Crippen LogP contribution in [0, 0.1) is 6.92 Å². The van der Waals surface area contributed by atoms with Gasteiger partial charge in [-0.25, -0.2) is 4.79 Å². The zero-order valence-corrected chi connectivity index (χ0v) is 20.3. The maximum atomic E-state index is 13.1. The van der Waals surface area contributed by atoms with Gasteiger partial charge in [0.25, 0.3) is 5.91 Å². The fraction of sp³-hybridized carbons (Fsp3) is 0.179. The van der Waals surface area contributed by atoms with E-state index in [4.69, 9.17) is 18.6 Å². The molecule has 1 unspecified atom stereocenters. The van der Waals surface area contributed by atoms with Crippen LogP contribution < -0.4 is 20.2 Å². The van der Waals surface area contributed by atoms with E-state index < -0.39 is 18.0 Å². The van der Waals surface area contributed by atoms with E-state index in [-0.39, 0.29) is 22.0 Å². The summed E-state index contributed by atoms with van der Waals surface area (Å²) < 4.78 is 21.9. The lowest BCUT2D eigenvalue weighted by Gasteiger charge is -2.15. The number of amides is 1. The Balaban J connectivity index is 1.61. The van der Waals surface area contributed by atoms with E-state index >= 15 is 0 Å². The van der Waals surface area contributed by atoms with Crippen molar-refractivity contribution in [2.45, 2.75) is 20.0 Å². The molecule has 0 saturated carbocycles. The minimum Gasteiger partial charge on any atom is -0.497 e. The third-order valence-corrected chi connectivity index (χ3v) is 5.67. The van der Waals surface area contributed by atoms with Gasteiger partial charge in [0.05, 0.1) is 19.6 Å². The standard InChI is InChI=1S/C28H25NO7/c1-16-24(30)22-11-8-12-23(26(22)36-25(16)18-9-6-5-7-10-18)28(32)35-17(2)27(31)29-19-13-20(33-3)15-21(14-19)34-4/h5-15,17H,1-4H3,(H,29,31). The predicted octanol–water partition coefficient (Wildman–Crippen LogP) is 4.97. The number of carbonyl (C=O) groups is 2. The molecular weight excluding hydrogens is 462 g/mol. The molecule has 0 aliphatic heterocycles. The summed E-state index contributed by atoms with van der Waals surface area (Å²) in [6.45, 7) is 3.13. The maximum Gasteiger partial charge on any atom is 0.342 e. The lowest BCUT2D eigenvalue weighted by Crippen LogP contribution is -2.30. The van der Waals surface area contributed by atoms with Crippen LogP contribution in [0.5, 0.6) is 11.5 Å². The van der Waals surface area contributed by atoms with Crippen molar-refractivity contribution < 1.29 is 28.2 Å². The second-order valence-corrected chi connectivity index (χ2v) is 8.07. The first kappa shape index (κ1) is 24.5. The number of esters is 1. The van der Waals surface area contributed by atoms with Gasteiger partial charge in [0.1, 0.15) is 22.8 Å². The average molecular weight is 488 g/mol. The summed E-state index contributed by atoms with van der Waals surface area (Å²) >= 11 is 0. The summed E-state index contributed by atoms with van der Waals surface area (Å²) in [5.74, 6) is -0.000966. The third-order valence-electron chi connectivity index (χ3n) is 5.67. The number of nitrogens with one attached hydrogen (secondary N) is 1. The minimum absolute atomic E-state index is 0.0458. The molecule has 4 aromatic rings. The average Bonchev–Trinajstić information content (AvgIpc) is 2.90. The van der Waals surface area contributed by atoms with Crippen molar-refractivity contribution in [2.24, 2.45) is 0 Å². The fourth-order valence-corrected chi connectivity index (χ4v) is 3.74. The van der Waals surface area contributed by atoms with Crippen LogP contribution in [0.1, 0.15) is 22.8 Å². The van der Waals surface area contributed by atoms with Gasteiger partial charge in [-0.3, -0.25) is 9.59 Å².